The van der Waals surface area contributed by atoms with Crippen LogP contribution in [0.25, 0.3) is 0 Å². The van der Waals surface area contributed by atoms with Crippen molar-refractivity contribution in [2.24, 2.45) is 11.1 Å². The third kappa shape index (κ3) is 6.23. The van der Waals surface area contributed by atoms with Gasteiger partial charge in [-0.2, -0.15) is 0 Å². The number of carboxylic acid groups (broad SMARTS) is 1. The molecule has 4 N–H and O–H groups in total. The predicted octanol–water partition coefficient (Wildman–Crippen LogP) is -0.0343. The van der Waals surface area contributed by atoms with Crippen molar-refractivity contribution < 1.29 is 19.4 Å². The molecule has 1 unspecified atom stereocenters. The standard InChI is InChI=1S/C11H22N2O4/c1-11(2,3)9(12)10(16)13-6-7(17-4)5-8(14)15/h7,9H,5-6,12H2,1-4H3,(H,13,16)(H,14,15)/t7?,9-/m0/s1. The molecule has 0 heterocycles. The van der Waals surface area contributed by atoms with Crippen molar-refractivity contribution in [3.05, 3.63) is 0 Å². The largest absolute Gasteiger partial charge is 0.481 e. The van der Waals surface area contributed by atoms with Crippen LogP contribution >= 0.6 is 0 Å². The van der Waals surface area contributed by atoms with Gasteiger partial charge in [0, 0.05) is 13.7 Å². The maximum atomic E-state index is 11.7. The highest BCUT2D eigenvalue weighted by atomic mass is 16.5. The molecule has 0 saturated heterocycles. The van der Waals surface area contributed by atoms with E-state index in [1.165, 1.54) is 7.11 Å². The zero-order valence-corrected chi connectivity index (χ0v) is 10.8. The van der Waals surface area contributed by atoms with Crippen molar-refractivity contribution in [2.75, 3.05) is 13.7 Å². The Hall–Kier alpha value is -1.14. The monoisotopic (exact) mass is 246 g/mol. The molecule has 0 spiro atoms. The van der Waals surface area contributed by atoms with Gasteiger partial charge in [-0.1, -0.05) is 20.8 Å². The number of carbonyl (C=O) groups excluding carboxylic acids is 1. The minimum atomic E-state index is -0.966. The lowest BCUT2D eigenvalue weighted by Gasteiger charge is -2.26. The van der Waals surface area contributed by atoms with E-state index >= 15 is 0 Å². The number of rotatable bonds is 6. The summed E-state index contributed by atoms with van der Waals surface area (Å²) in [6, 6.07) is -0.634. The molecule has 6 heteroatoms. The molecule has 0 aromatic carbocycles. The van der Waals surface area contributed by atoms with Crippen LogP contribution in [0.15, 0.2) is 0 Å². The van der Waals surface area contributed by atoms with Gasteiger partial charge in [-0.3, -0.25) is 9.59 Å². The Kier molecular flexibility index (Phi) is 6.12. The molecular formula is C11H22N2O4. The Morgan fingerprint density at radius 2 is 1.94 bits per heavy atom. The van der Waals surface area contributed by atoms with Gasteiger partial charge in [0.1, 0.15) is 0 Å². The zero-order valence-electron chi connectivity index (χ0n) is 10.8. The highest BCUT2D eigenvalue weighted by Crippen LogP contribution is 2.17. The molecule has 0 bridgehead atoms. The number of carboxylic acids is 1. The molecule has 0 rings (SSSR count). The summed E-state index contributed by atoms with van der Waals surface area (Å²) in [4.78, 5) is 22.1. The van der Waals surface area contributed by atoms with Crippen LogP contribution in [0.3, 0.4) is 0 Å². The lowest BCUT2D eigenvalue weighted by Crippen LogP contribution is -2.50. The summed E-state index contributed by atoms with van der Waals surface area (Å²) in [5, 5.41) is 11.2. The number of amides is 1. The summed E-state index contributed by atoms with van der Waals surface area (Å²) in [6.45, 7) is 5.73. The molecule has 0 aliphatic carbocycles. The number of ether oxygens (including phenoxy) is 1. The van der Waals surface area contributed by atoms with E-state index in [0.717, 1.165) is 0 Å². The van der Waals surface area contributed by atoms with Crippen LogP contribution < -0.4 is 11.1 Å². The molecule has 2 atom stereocenters. The van der Waals surface area contributed by atoms with Crippen LogP contribution in [0.5, 0.6) is 0 Å². The van der Waals surface area contributed by atoms with Crippen molar-refractivity contribution in [1.82, 2.24) is 5.32 Å². The number of carbonyl (C=O) groups is 2. The summed E-state index contributed by atoms with van der Waals surface area (Å²) >= 11 is 0. The molecule has 6 nitrogen and oxygen atoms in total. The van der Waals surface area contributed by atoms with Crippen LogP contribution in [-0.4, -0.2) is 42.8 Å². The molecule has 100 valence electrons. The molecule has 0 aliphatic rings. The van der Waals surface area contributed by atoms with Crippen LogP contribution in [0.1, 0.15) is 27.2 Å². The Labute approximate surface area is 102 Å². The number of aliphatic carboxylic acids is 1. The van der Waals surface area contributed by atoms with Crippen molar-refractivity contribution in [1.29, 1.82) is 0 Å². The van der Waals surface area contributed by atoms with Gasteiger partial charge in [0.15, 0.2) is 0 Å². The second-order valence-electron chi connectivity index (χ2n) is 5.04. The van der Waals surface area contributed by atoms with Crippen molar-refractivity contribution >= 4 is 11.9 Å². The average Bonchev–Trinajstić information content (AvgIpc) is 2.20. The highest BCUT2D eigenvalue weighted by Gasteiger charge is 2.27. The summed E-state index contributed by atoms with van der Waals surface area (Å²) in [7, 11) is 1.41. The number of hydrogen-bond donors (Lipinski definition) is 3. The van der Waals surface area contributed by atoms with Crippen LogP contribution in [0.2, 0.25) is 0 Å². The maximum Gasteiger partial charge on any atom is 0.306 e. The number of nitrogens with two attached hydrogens (primary N) is 1. The summed E-state index contributed by atoms with van der Waals surface area (Å²) in [5.41, 5.74) is 5.42. The fraction of sp³-hybridized carbons (Fsp3) is 0.818. The van der Waals surface area contributed by atoms with Crippen molar-refractivity contribution in [2.45, 2.75) is 39.3 Å². The maximum absolute atomic E-state index is 11.7. The first kappa shape index (κ1) is 15.9. The first-order chi connectivity index (χ1) is 7.68. The molecule has 17 heavy (non-hydrogen) atoms. The van der Waals surface area contributed by atoms with Crippen molar-refractivity contribution in [3.63, 3.8) is 0 Å². The SMILES string of the molecule is COC(CNC(=O)[C@H](N)C(C)(C)C)CC(=O)O. The van der Waals surface area contributed by atoms with Gasteiger partial charge in [-0.25, -0.2) is 0 Å². The quantitative estimate of drug-likeness (QED) is 0.610. The highest BCUT2D eigenvalue weighted by molar-refractivity contribution is 5.82. The lowest BCUT2D eigenvalue weighted by molar-refractivity contribution is -0.140. The van der Waals surface area contributed by atoms with E-state index in [2.05, 4.69) is 5.32 Å². The van der Waals surface area contributed by atoms with Gasteiger partial charge in [0.05, 0.1) is 18.6 Å². The van der Waals surface area contributed by atoms with Gasteiger partial charge >= 0.3 is 5.97 Å². The second-order valence-corrected chi connectivity index (χ2v) is 5.04. The third-order valence-corrected chi connectivity index (χ3v) is 2.46. The summed E-state index contributed by atoms with van der Waals surface area (Å²) < 4.78 is 4.94. The normalized spacial score (nSPS) is 15.1. The summed E-state index contributed by atoms with van der Waals surface area (Å²) in [6.07, 6.45) is -0.690. The smallest absolute Gasteiger partial charge is 0.306 e. The van der Waals surface area contributed by atoms with Gasteiger partial charge in [-0.05, 0) is 5.41 Å². The van der Waals surface area contributed by atoms with Crippen molar-refractivity contribution in [3.8, 4) is 0 Å². The molecule has 1 amide bonds. The van der Waals surface area contributed by atoms with Crippen LogP contribution in [-0.2, 0) is 14.3 Å². The molecular weight excluding hydrogens is 224 g/mol. The van der Waals surface area contributed by atoms with E-state index in [-0.39, 0.29) is 24.3 Å². The van der Waals surface area contributed by atoms with Gasteiger partial charge in [-0.15, -0.1) is 0 Å². The fourth-order valence-corrected chi connectivity index (χ4v) is 1.15. The first-order valence-corrected chi connectivity index (χ1v) is 5.46. The second kappa shape index (κ2) is 6.56. The molecule has 0 aromatic rings. The Morgan fingerprint density at radius 3 is 2.29 bits per heavy atom. The van der Waals surface area contributed by atoms with E-state index in [9.17, 15) is 9.59 Å². The predicted molar refractivity (Wildman–Crippen MR) is 63.5 cm³/mol. The fourth-order valence-electron chi connectivity index (χ4n) is 1.15. The minimum absolute atomic E-state index is 0.144. The van der Waals surface area contributed by atoms with E-state index in [1.54, 1.807) is 0 Å². The Bertz CT molecular complexity index is 273. The minimum Gasteiger partial charge on any atom is -0.481 e. The summed E-state index contributed by atoms with van der Waals surface area (Å²) in [5.74, 6) is -1.27. The number of nitrogens with one attached hydrogen (secondary N) is 1. The number of methoxy groups -OCH3 is 1. The molecule has 0 fully saturated rings. The van der Waals surface area contributed by atoms with E-state index in [1.807, 2.05) is 20.8 Å². The van der Waals surface area contributed by atoms with Gasteiger partial charge in [0.2, 0.25) is 5.91 Å². The molecule has 0 saturated carbocycles. The van der Waals surface area contributed by atoms with E-state index in [0.29, 0.717) is 0 Å². The number of hydrogen-bond acceptors (Lipinski definition) is 4. The molecule has 0 aliphatic heterocycles. The van der Waals surface area contributed by atoms with E-state index < -0.39 is 18.1 Å². The zero-order chi connectivity index (χ0) is 13.6. The van der Waals surface area contributed by atoms with E-state index in [4.69, 9.17) is 15.6 Å². The topological polar surface area (TPSA) is 102 Å². The van der Waals surface area contributed by atoms with Gasteiger partial charge < -0.3 is 20.9 Å². The van der Waals surface area contributed by atoms with Crippen LogP contribution in [0.4, 0.5) is 0 Å². The Morgan fingerprint density at radius 1 is 1.41 bits per heavy atom. The molecule has 0 aromatic heterocycles. The molecule has 0 radical (unpaired) electrons. The Balaban J connectivity index is 4.18. The first-order valence-electron chi connectivity index (χ1n) is 5.46. The third-order valence-electron chi connectivity index (χ3n) is 2.46. The van der Waals surface area contributed by atoms with Crippen LogP contribution in [0, 0.1) is 5.41 Å². The lowest BCUT2D eigenvalue weighted by atomic mass is 9.87. The average molecular weight is 246 g/mol. The van der Waals surface area contributed by atoms with Gasteiger partial charge in [0.25, 0.3) is 0 Å².